The van der Waals surface area contributed by atoms with Crippen LogP contribution in [0.15, 0.2) is 18.2 Å². The number of carbonyl (C=O) groups is 3. The van der Waals surface area contributed by atoms with Gasteiger partial charge >= 0.3 is 17.9 Å². The first-order valence-corrected chi connectivity index (χ1v) is 10.2. The third-order valence-corrected chi connectivity index (χ3v) is 3.41. The van der Waals surface area contributed by atoms with Gasteiger partial charge in [0.05, 0.1) is 25.7 Å². The fraction of sp³-hybridized carbons (Fsp3) is 0.526. The van der Waals surface area contributed by atoms with E-state index >= 15 is 0 Å². The minimum absolute atomic E-state index is 0.0445. The first-order valence-electron chi connectivity index (χ1n) is 8.91. The second-order valence-corrected chi connectivity index (χ2v) is 9.40. The monoisotopic (exact) mass is 465 g/mol. The molecule has 1 aromatic carbocycles. The molecule has 31 heavy (non-hydrogen) atoms. The SMILES string of the molecule is CC(C)(C)C(=O)Oc1ccc(C[C@H](N)C(=O)O)cc1OC(=O)C(C)(C)C.[O-][Cl+3]([O-])([O-])O. The van der Waals surface area contributed by atoms with E-state index in [1.165, 1.54) is 12.1 Å². The Morgan fingerprint density at radius 1 is 0.968 bits per heavy atom. The third kappa shape index (κ3) is 12.2. The summed E-state index contributed by atoms with van der Waals surface area (Å²) in [5.41, 5.74) is 4.60. The number of halogens is 1. The zero-order valence-electron chi connectivity index (χ0n) is 18.1. The standard InChI is InChI=1S/C19H27NO6.ClHO4/c1-18(2,3)16(23)25-13-8-7-11(9-12(20)15(21)22)10-14(13)26-17(24)19(4,5)6;2-1(3,4)5/h7-8,10,12H,9,20H2,1-6H3,(H,21,22);(H,2,3,4,5)/t12-;/m0./s1. The van der Waals surface area contributed by atoms with Gasteiger partial charge in [0, 0.05) is 0 Å². The highest BCUT2D eigenvalue weighted by molar-refractivity contribution is 5.81. The number of hydrogen-bond acceptors (Lipinski definition) is 10. The van der Waals surface area contributed by atoms with Crippen LogP contribution in [0.2, 0.25) is 0 Å². The summed E-state index contributed by atoms with van der Waals surface area (Å²) >= 11 is 0. The lowest BCUT2D eigenvalue weighted by Crippen LogP contribution is -2.58. The van der Waals surface area contributed by atoms with Crippen LogP contribution in [0.5, 0.6) is 11.5 Å². The molecule has 0 saturated heterocycles. The highest BCUT2D eigenvalue weighted by Crippen LogP contribution is 2.32. The Morgan fingerprint density at radius 3 is 1.71 bits per heavy atom. The van der Waals surface area contributed by atoms with Gasteiger partial charge in [0.15, 0.2) is 11.5 Å². The second-order valence-electron chi connectivity index (χ2n) is 8.60. The minimum Gasteiger partial charge on any atom is -0.480 e. The van der Waals surface area contributed by atoms with Gasteiger partial charge < -0.3 is 20.3 Å². The molecule has 4 N–H and O–H groups in total. The molecule has 12 heteroatoms. The van der Waals surface area contributed by atoms with E-state index in [0.29, 0.717) is 5.56 Å². The van der Waals surface area contributed by atoms with E-state index in [1.54, 1.807) is 47.6 Å². The zero-order chi connectivity index (χ0) is 24.8. The van der Waals surface area contributed by atoms with Gasteiger partial charge in [-0.05, 0) is 65.7 Å². The summed E-state index contributed by atoms with van der Waals surface area (Å²) in [4.78, 5) is 35.3. The van der Waals surface area contributed by atoms with E-state index in [0.717, 1.165) is 0 Å². The number of nitrogens with two attached hydrogens (primary N) is 1. The number of carboxylic acids is 1. The molecule has 0 fully saturated rings. The summed E-state index contributed by atoms with van der Waals surface area (Å²) in [5, 5.41) is 8.95. The molecule has 11 nitrogen and oxygen atoms in total. The lowest BCUT2D eigenvalue weighted by Gasteiger charge is -2.21. The van der Waals surface area contributed by atoms with E-state index in [2.05, 4.69) is 0 Å². The molecule has 0 amide bonds. The Hall–Kier alpha value is -2.28. The number of esters is 2. The predicted molar refractivity (Wildman–Crippen MR) is 98.2 cm³/mol. The Bertz CT molecular complexity index is 784. The van der Waals surface area contributed by atoms with Crippen LogP contribution in [-0.4, -0.2) is 33.7 Å². The van der Waals surface area contributed by atoms with Crippen LogP contribution in [0.4, 0.5) is 0 Å². The smallest absolute Gasteiger partial charge is 0.320 e. The van der Waals surface area contributed by atoms with Crippen LogP contribution in [0, 0.1) is 21.1 Å². The van der Waals surface area contributed by atoms with Crippen molar-refractivity contribution in [2.45, 2.75) is 54.0 Å². The third-order valence-electron chi connectivity index (χ3n) is 3.41. The second kappa shape index (κ2) is 10.8. The number of ether oxygens (including phenoxy) is 2. The molecule has 0 radical (unpaired) electrons. The first-order chi connectivity index (χ1) is 13.7. The molecule has 0 aliphatic heterocycles. The van der Waals surface area contributed by atoms with Crippen LogP contribution in [0.3, 0.4) is 0 Å². The fourth-order valence-corrected chi connectivity index (χ4v) is 1.69. The molecular weight excluding hydrogens is 438 g/mol. The van der Waals surface area contributed by atoms with E-state index in [9.17, 15) is 14.4 Å². The zero-order valence-corrected chi connectivity index (χ0v) is 18.9. The van der Waals surface area contributed by atoms with Crippen molar-refractivity contribution in [3.63, 3.8) is 0 Å². The quantitative estimate of drug-likeness (QED) is 0.334. The Morgan fingerprint density at radius 2 is 1.35 bits per heavy atom. The number of carbonyl (C=O) groups excluding carboxylic acids is 2. The number of rotatable bonds is 5. The van der Waals surface area contributed by atoms with Crippen molar-refractivity contribution in [1.29, 1.82) is 0 Å². The molecule has 0 saturated carbocycles. The van der Waals surface area contributed by atoms with Crippen LogP contribution < -0.4 is 29.2 Å². The van der Waals surface area contributed by atoms with Crippen molar-refractivity contribution >= 4 is 17.9 Å². The molecule has 0 aliphatic rings. The minimum atomic E-state index is -4.69. The highest BCUT2D eigenvalue weighted by atomic mass is 35.7. The van der Waals surface area contributed by atoms with Crippen LogP contribution >= 0.6 is 0 Å². The molecule has 0 heterocycles. The summed E-state index contributed by atoms with van der Waals surface area (Å²) < 4.78 is 43.5. The van der Waals surface area contributed by atoms with Gasteiger partial charge in [0.25, 0.3) is 0 Å². The maximum atomic E-state index is 12.2. The number of hydrogen-bond donors (Lipinski definition) is 3. The molecule has 0 bridgehead atoms. The Balaban J connectivity index is 0.00000161. The fourth-order valence-electron chi connectivity index (χ4n) is 1.69. The normalized spacial score (nSPS) is 12.9. The summed E-state index contributed by atoms with van der Waals surface area (Å²) in [6.45, 7) is 10.2. The Labute approximate surface area is 182 Å². The predicted octanol–water partition coefficient (Wildman–Crippen LogP) is -1.58. The van der Waals surface area contributed by atoms with Crippen molar-refractivity contribution in [3.05, 3.63) is 23.8 Å². The maximum absolute atomic E-state index is 12.2. The molecule has 176 valence electrons. The average molecular weight is 466 g/mol. The van der Waals surface area contributed by atoms with Crippen molar-refractivity contribution < 1.29 is 57.8 Å². The van der Waals surface area contributed by atoms with Crippen molar-refractivity contribution in [1.82, 2.24) is 0 Å². The van der Waals surface area contributed by atoms with Crippen LogP contribution in [-0.2, 0) is 20.8 Å². The van der Waals surface area contributed by atoms with E-state index in [-0.39, 0.29) is 17.9 Å². The van der Waals surface area contributed by atoms with Crippen molar-refractivity contribution in [3.8, 4) is 11.5 Å². The van der Waals surface area contributed by atoms with Crippen molar-refractivity contribution in [2.24, 2.45) is 16.6 Å². The molecule has 0 spiro atoms. The van der Waals surface area contributed by atoms with Crippen LogP contribution in [0.1, 0.15) is 47.1 Å². The molecule has 1 aromatic rings. The first kappa shape index (κ1) is 28.7. The maximum Gasteiger partial charge on any atom is 0.320 e. The Kier molecular flexibility index (Phi) is 10.0. The van der Waals surface area contributed by atoms with Gasteiger partial charge in [-0.25, -0.2) is 0 Å². The summed E-state index contributed by atoms with van der Waals surface area (Å²) in [6.07, 6.45) is 0.0445. The lowest BCUT2D eigenvalue weighted by molar-refractivity contribution is -1.92. The van der Waals surface area contributed by atoms with Gasteiger partial charge in [-0.3, -0.25) is 14.4 Å². The number of aliphatic carboxylic acids is 1. The molecule has 1 rings (SSSR count). The van der Waals surface area contributed by atoms with Crippen molar-refractivity contribution in [2.75, 3.05) is 0 Å². The molecular formula is C19H28ClNO10. The van der Waals surface area contributed by atoms with Gasteiger partial charge in [-0.15, -0.1) is 0 Å². The molecule has 1 atom stereocenters. The molecule has 0 aromatic heterocycles. The molecule has 0 aliphatic carbocycles. The summed E-state index contributed by atoms with van der Waals surface area (Å²) in [7, 11) is -4.69. The average Bonchev–Trinajstić information content (AvgIpc) is 2.53. The van der Waals surface area contributed by atoms with Gasteiger partial charge in [-0.2, -0.15) is 14.0 Å². The topological polar surface area (TPSA) is 205 Å². The van der Waals surface area contributed by atoms with Crippen LogP contribution in [0.25, 0.3) is 0 Å². The number of carboxylic acid groups (broad SMARTS) is 1. The summed E-state index contributed by atoms with van der Waals surface area (Å²) in [6, 6.07) is 3.43. The summed E-state index contributed by atoms with van der Waals surface area (Å²) in [5.74, 6) is -1.99. The van der Waals surface area contributed by atoms with E-state index in [1.807, 2.05) is 0 Å². The van der Waals surface area contributed by atoms with Gasteiger partial charge in [0.1, 0.15) is 6.04 Å². The van der Waals surface area contributed by atoms with E-state index < -0.39 is 45.0 Å². The van der Waals surface area contributed by atoms with E-state index in [4.69, 9.17) is 38.9 Å². The number of benzene rings is 1. The molecule has 0 unspecified atom stereocenters. The van der Waals surface area contributed by atoms with Gasteiger partial charge in [0.2, 0.25) is 0 Å². The van der Waals surface area contributed by atoms with Gasteiger partial charge in [-0.1, -0.05) is 6.07 Å². The largest absolute Gasteiger partial charge is 0.480 e. The lowest BCUT2D eigenvalue weighted by atomic mass is 9.97. The highest BCUT2D eigenvalue weighted by Gasteiger charge is 2.28.